The number of H-pyrrole nitrogens is 1. The molecule has 10 heteroatoms. The number of nitrogens with zero attached hydrogens (tertiary/aromatic N) is 6. The number of hydrazone groups is 1. The summed E-state index contributed by atoms with van der Waals surface area (Å²) < 4.78 is 5.47. The summed E-state index contributed by atoms with van der Waals surface area (Å²) in [6.07, 6.45) is 3.68. The first kappa shape index (κ1) is 21.7. The van der Waals surface area contributed by atoms with Crippen LogP contribution in [0.15, 0.2) is 59.8 Å². The van der Waals surface area contributed by atoms with Gasteiger partial charge in [0.2, 0.25) is 17.8 Å². The molecule has 1 aliphatic heterocycles. The van der Waals surface area contributed by atoms with Gasteiger partial charge in [-0.25, -0.2) is 5.43 Å². The summed E-state index contributed by atoms with van der Waals surface area (Å²) in [4.78, 5) is 21.1. The highest BCUT2D eigenvalue weighted by atomic mass is 16.5. The SMILES string of the molecule is CN(C)c1ccc(Nc2nc(N/N=C/c3c[nH]c4ccccc34)nc(N3CCOCC3)n2)cc1. The van der Waals surface area contributed by atoms with Crippen molar-refractivity contribution in [2.45, 2.75) is 0 Å². The Kier molecular flexibility index (Phi) is 6.21. The van der Waals surface area contributed by atoms with E-state index in [0.717, 1.165) is 40.9 Å². The quantitative estimate of drug-likeness (QED) is 0.286. The van der Waals surface area contributed by atoms with Crippen molar-refractivity contribution in [3.05, 3.63) is 60.3 Å². The molecule has 1 aliphatic rings. The van der Waals surface area contributed by atoms with Crippen molar-refractivity contribution in [2.24, 2.45) is 5.10 Å². The van der Waals surface area contributed by atoms with Gasteiger partial charge in [0.15, 0.2) is 0 Å². The Balaban J connectivity index is 1.38. The number of rotatable bonds is 7. The number of morpholine rings is 1. The van der Waals surface area contributed by atoms with Gasteiger partial charge in [-0.15, -0.1) is 0 Å². The summed E-state index contributed by atoms with van der Waals surface area (Å²) in [6, 6.07) is 16.2. The van der Waals surface area contributed by atoms with Crippen LogP contribution in [0.3, 0.4) is 0 Å². The minimum atomic E-state index is 0.361. The summed E-state index contributed by atoms with van der Waals surface area (Å²) in [5.41, 5.74) is 7.01. The second-order valence-corrected chi connectivity index (χ2v) is 8.11. The number of benzene rings is 2. The van der Waals surface area contributed by atoms with Gasteiger partial charge in [-0.2, -0.15) is 20.1 Å². The molecule has 0 saturated carbocycles. The predicted octanol–water partition coefficient (Wildman–Crippen LogP) is 3.45. The average molecular weight is 458 g/mol. The lowest BCUT2D eigenvalue weighted by atomic mass is 10.2. The predicted molar refractivity (Wildman–Crippen MR) is 136 cm³/mol. The van der Waals surface area contributed by atoms with Crippen molar-refractivity contribution >= 4 is 46.3 Å². The first-order chi connectivity index (χ1) is 16.7. The van der Waals surface area contributed by atoms with Crippen molar-refractivity contribution < 1.29 is 4.74 Å². The van der Waals surface area contributed by atoms with E-state index in [0.29, 0.717) is 31.1 Å². The number of anilines is 5. The van der Waals surface area contributed by atoms with Crippen molar-refractivity contribution in [3.63, 3.8) is 0 Å². The van der Waals surface area contributed by atoms with E-state index >= 15 is 0 Å². The fraction of sp³-hybridized carbons (Fsp3) is 0.250. The molecular formula is C24H27N9O. The maximum Gasteiger partial charge on any atom is 0.250 e. The Morgan fingerprint density at radius 2 is 1.76 bits per heavy atom. The standard InChI is InChI=1S/C24H27N9O/c1-32(2)19-9-7-18(8-10-19)27-22-28-23(30-24(29-22)33-11-13-34-14-12-33)31-26-16-17-15-25-21-6-4-3-5-20(17)21/h3-10,15-16,25H,11-14H2,1-2H3,(H2,27,28,29,30,31)/b26-16+. The molecule has 1 saturated heterocycles. The Morgan fingerprint density at radius 1 is 1.00 bits per heavy atom. The third-order valence-corrected chi connectivity index (χ3v) is 5.55. The minimum absolute atomic E-state index is 0.361. The zero-order valence-corrected chi connectivity index (χ0v) is 19.2. The number of hydrogen-bond donors (Lipinski definition) is 3. The molecule has 2 aromatic carbocycles. The van der Waals surface area contributed by atoms with Crippen LogP contribution in [0.1, 0.15) is 5.56 Å². The van der Waals surface area contributed by atoms with E-state index in [2.05, 4.69) is 51.6 Å². The molecule has 5 rings (SSSR count). The smallest absolute Gasteiger partial charge is 0.250 e. The molecule has 0 aliphatic carbocycles. The van der Waals surface area contributed by atoms with Crippen LogP contribution < -0.4 is 20.5 Å². The Morgan fingerprint density at radius 3 is 2.56 bits per heavy atom. The van der Waals surface area contributed by atoms with Gasteiger partial charge in [-0.1, -0.05) is 18.2 Å². The number of para-hydroxylation sites is 1. The molecule has 0 spiro atoms. The van der Waals surface area contributed by atoms with Crippen LogP contribution in [-0.2, 0) is 4.74 Å². The number of ether oxygens (including phenoxy) is 1. The second kappa shape index (κ2) is 9.75. The number of hydrogen-bond acceptors (Lipinski definition) is 9. The van der Waals surface area contributed by atoms with Crippen molar-refractivity contribution in [1.29, 1.82) is 0 Å². The zero-order valence-electron chi connectivity index (χ0n) is 19.2. The maximum atomic E-state index is 5.47. The van der Waals surface area contributed by atoms with Crippen LogP contribution in [0, 0.1) is 0 Å². The molecular weight excluding hydrogens is 430 g/mol. The highest BCUT2D eigenvalue weighted by Gasteiger charge is 2.17. The van der Waals surface area contributed by atoms with E-state index < -0.39 is 0 Å². The summed E-state index contributed by atoms with van der Waals surface area (Å²) in [7, 11) is 4.02. The lowest BCUT2D eigenvalue weighted by Crippen LogP contribution is -2.37. The second-order valence-electron chi connectivity index (χ2n) is 8.11. The van der Waals surface area contributed by atoms with Crippen molar-refractivity contribution in [2.75, 3.05) is 60.9 Å². The lowest BCUT2D eigenvalue weighted by Gasteiger charge is -2.27. The Hall–Kier alpha value is -4.18. The maximum absolute atomic E-state index is 5.47. The van der Waals surface area contributed by atoms with E-state index in [1.165, 1.54) is 0 Å². The van der Waals surface area contributed by atoms with Crippen LogP contribution in [-0.4, -0.2) is 66.5 Å². The molecule has 0 unspecified atom stereocenters. The summed E-state index contributed by atoms with van der Waals surface area (Å²) in [5, 5.41) is 8.76. The molecule has 34 heavy (non-hydrogen) atoms. The van der Waals surface area contributed by atoms with Gasteiger partial charge in [0.25, 0.3) is 0 Å². The van der Waals surface area contributed by atoms with Gasteiger partial charge in [0, 0.05) is 61.2 Å². The highest BCUT2D eigenvalue weighted by molar-refractivity contribution is 5.99. The van der Waals surface area contributed by atoms with Crippen molar-refractivity contribution in [3.8, 4) is 0 Å². The molecule has 4 aromatic rings. The fourth-order valence-corrected chi connectivity index (χ4v) is 3.71. The van der Waals surface area contributed by atoms with E-state index in [1.54, 1.807) is 6.21 Å². The molecule has 1 fully saturated rings. The molecule has 0 atom stereocenters. The van der Waals surface area contributed by atoms with Gasteiger partial charge in [0.05, 0.1) is 19.4 Å². The first-order valence-corrected chi connectivity index (χ1v) is 11.1. The van der Waals surface area contributed by atoms with Gasteiger partial charge < -0.3 is 24.8 Å². The Labute approximate surface area is 197 Å². The van der Waals surface area contributed by atoms with Gasteiger partial charge in [-0.05, 0) is 30.3 Å². The number of aromatic nitrogens is 4. The largest absolute Gasteiger partial charge is 0.378 e. The lowest BCUT2D eigenvalue weighted by molar-refractivity contribution is 0.122. The highest BCUT2D eigenvalue weighted by Crippen LogP contribution is 2.21. The molecule has 0 bridgehead atoms. The Bertz CT molecular complexity index is 1280. The average Bonchev–Trinajstić information content (AvgIpc) is 3.28. The third kappa shape index (κ3) is 4.91. The number of nitrogens with one attached hydrogen (secondary N) is 3. The van der Waals surface area contributed by atoms with Gasteiger partial charge in [0.1, 0.15) is 0 Å². The van der Waals surface area contributed by atoms with Crippen LogP contribution in [0.25, 0.3) is 10.9 Å². The van der Waals surface area contributed by atoms with Crippen LogP contribution in [0.4, 0.5) is 29.2 Å². The van der Waals surface area contributed by atoms with E-state index in [9.17, 15) is 0 Å². The zero-order chi connectivity index (χ0) is 23.3. The number of aromatic amines is 1. The van der Waals surface area contributed by atoms with Gasteiger partial charge in [-0.3, -0.25) is 0 Å². The summed E-state index contributed by atoms with van der Waals surface area (Å²) in [5.74, 6) is 1.38. The van der Waals surface area contributed by atoms with Crippen molar-refractivity contribution in [1.82, 2.24) is 19.9 Å². The first-order valence-electron chi connectivity index (χ1n) is 11.1. The topological polar surface area (TPSA) is 107 Å². The summed E-state index contributed by atoms with van der Waals surface area (Å²) >= 11 is 0. The van der Waals surface area contributed by atoms with E-state index in [4.69, 9.17) is 4.74 Å². The molecule has 0 radical (unpaired) electrons. The number of fused-ring (bicyclic) bond motifs is 1. The van der Waals surface area contributed by atoms with Crippen LogP contribution >= 0.6 is 0 Å². The monoisotopic (exact) mass is 457 g/mol. The fourth-order valence-electron chi connectivity index (χ4n) is 3.71. The van der Waals surface area contributed by atoms with Crippen LogP contribution in [0.5, 0.6) is 0 Å². The molecule has 3 N–H and O–H groups in total. The molecule has 0 amide bonds. The minimum Gasteiger partial charge on any atom is -0.378 e. The van der Waals surface area contributed by atoms with Gasteiger partial charge >= 0.3 is 0 Å². The summed E-state index contributed by atoms with van der Waals surface area (Å²) in [6.45, 7) is 2.72. The molecule has 3 heterocycles. The van der Waals surface area contributed by atoms with Crippen LogP contribution in [0.2, 0.25) is 0 Å². The molecule has 174 valence electrons. The third-order valence-electron chi connectivity index (χ3n) is 5.55. The normalized spacial score (nSPS) is 14.0. The van der Waals surface area contributed by atoms with E-state index in [1.807, 2.05) is 62.8 Å². The van der Waals surface area contributed by atoms with E-state index in [-0.39, 0.29) is 0 Å². The molecule has 2 aromatic heterocycles. The molecule has 10 nitrogen and oxygen atoms in total.